The van der Waals surface area contributed by atoms with E-state index in [-0.39, 0.29) is 5.91 Å². The average Bonchev–Trinajstić information content (AvgIpc) is 3.27. The van der Waals surface area contributed by atoms with Crippen LogP contribution in [0.25, 0.3) is 16.2 Å². The Labute approximate surface area is 206 Å². The van der Waals surface area contributed by atoms with Crippen molar-refractivity contribution in [2.75, 3.05) is 44.2 Å². The molecule has 5 rings (SSSR count). The van der Waals surface area contributed by atoms with Crippen LogP contribution in [0.2, 0.25) is 0 Å². The summed E-state index contributed by atoms with van der Waals surface area (Å²) in [5, 5.41) is 4.43. The number of fused-ring (bicyclic) bond motifs is 1. The highest BCUT2D eigenvalue weighted by Gasteiger charge is 2.39. The molecule has 1 saturated carbocycles. The monoisotopic (exact) mass is 474 g/mol. The van der Waals surface area contributed by atoms with E-state index >= 15 is 0 Å². The van der Waals surface area contributed by atoms with Gasteiger partial charge in [0.2, 0.25) is 5.91 Å². The van der Waals surface area contributed by atoms with Crippen LogP contribution in [0.5, 0.6) is 0 Å². The summed E-state index contributed by atoms with van der Waals surface area (Å²) >= 11 is 1.60. The summed E-state index contributed by atoms with van der Waals surface area (Å²) in [6.45, 7) is 10.5. The number of carbonyl (C=O) groups excluding carboxylic acids is 1. The van der Waals surface area contributed by atoms with Gasteiger partial charge in [0, 0.05) is 50.7 Å². The topological polar surface area (TPSA) is 48.5 Å². The van der Waals surface area contributed by atoms with E-state index in [1.807, 2.05) is 18.2 Å². The van der Waals surface area contributed by atoms with E-state index in [1.165, 1.54) is 22.1 Å². The van der Waals surface area contributed by atoms with E-state index < -0.39 is 0 Å². The zero-order valence-corrected chi connectivity index (χ0v) is 20.9. The molecule has 0 bridgehead atoms. The standard InChI is InChI=1S/C28H34N4OS/c1-20-6-5-7-22(16-20)10-11-27(33)29-18-25-21(2)17-23(25)19-31-12-14-32(15-13-31)28-24-8-3-4-9-26(24)34-30-28/h3-11,16,21,23,25H,12-15,17-19H2,1-2H3,(H,29,33)/b11-10+/t21?,23-,25+/m1/s1. The smallest absolute Gasteiger partial charge is 0.244 e. The van der Waals surface area contributed by atoms with Gasteiger partial charge in [0.1, 0.15) is 5.82 Å². The number of amides is 1. The number of aryl methyl sites for hydroxylation is 1. The first-order chi connectivity index (χ1) is 16.6. The third kappa shape index (κ3) is 5.18. The van der Waals surface area contributed by atoms with Crippen molar-refractivity contribution < 1.29 is 4.79 Å². The van der Waals surface area contributed by atoms with Gasteiger partial charge in [0.15, 0.2) is 0 Å². The number of aromatic nitrogens is 1. The van der Waals surface area contributed by atoms with Crippen LogP contribution >= 0.6 is 11.5 Å². The van der Waals surface area contributed by atoms with Gasteiger partial charge < -0.3 is 10.2 Å². The van der Waals surface area contributed by atoms with Crippen LogP contribution in [0.15, 0.2) is 54.6 Å². The Kier molecular flexibility index (Phi) is 6.97. The normalized spacial score (nSPS) is 23.4. The van der Waals surface area contributed by atoms with Gasteiger partial charge in [-0.2, -0.15) is 4.37 Å². The fourth-order valence-electron chi connectivity index (χ4n) is 5.47. The SMILES string of the molecule is Cc1cccc(/C=C/C(=O)NC[C@H]2C(C)C[C@@H]2CN2CCN(c3nsc4ccccc34)CC2)c1. The van der Waals surface area contributed by atoms with Crippen molar-refractivity contribution in [3.8, 4) is 0 Å². The average molecular weight is 475 g/mol. The Bertz CT molecular complexity index is 1160. The van der Waals surface area contributed by atoms with Crippen LogP contribution in [-0.2, 0) is 4.79 Å². The van der Waals surface area contributed by atoms with Crippen LogP contribution in [0, 0.1) is 24.7 Å². The molecule has 1 unspecified atom stereocenters. The number of hydrogen-bond acceptors (Lipinski definition) is 5. The molecule has 3 atom stereocenters. The maximum Gasteiger partial charge on any atom is 0.244 e. The summed E-state index contributed by atoms with van der Waals surface area (Å²) in [5.41, 5.74) is 2.27. The molecule has 0 spiro atoms. The lowest BCUT2D eigenvalue weighted by molar-refractivity contribution is -0.117. The molecule has 0 radical (unpaired) electrons. The minimum atomic E-state index is 0.00320. The molecule has 1 amide bonds. The number of hydrogen-bond donors (Lipinski definition) is 1. The van der Waals surface area contributed by atoms with E-state index in [9.17, 15) is 4.79 Å². The van der Waals surface area contributed by atoms with E-state index in [0.29, 0.717) is 17.8 Å². The summed E-state index contributed by atoms with van der Waals surface area (Å²) in [6, 6.07) is 16.7. The van der Waals surface area contributed by atoms with Gasteiger partial charge in [-0.25, -0.2) is 0 Å². The van der Waals surface area contributed by atoms with E-state index in [0.717, 1.165) is 50.6 Å². The van der Waals surface area contributed by atoms with Crippen LogP contribution in [0.3, 0.4) is 0 Å². The molecular formula is C28H34N4OS. The first kappa shape index (κ1) is 23.1. The quantitative estimate of drug-likeness (QED) is 0.499. The second-order valence-electron chi connectivity index (χ2n) is 9.92. The molecule has 2 aromatic carbocycles. The minimum Gasteiger partial charge on any atom is -0.353 e. The molecule has 3 aromatic rings. The van der Waals surface area contributed by atoms with Gasteiger partial charge in [0.25, 0.3) is 0 Å². The number of anilines is 1. The number of carbonyl (C=O) groups is 1. The Morgan fingerprint density at radius 1 is 1.15 bits per heavy atom. The number of benzene rings is 2. The number of piperazine rings is 1. The van der Waals surface area contributed by atoms with Crippen molar-refractivity contribution in [2.24, 2.45) is 17.8 Å². The molecule has 1 saturated heterocycles. The molecular weight excluding hydrogens is 440 g/mol. The first-order valence-corrected chi connectivity index (χ1v) is 13.2. The van der Waals surface area contributed by atoms with Gasteiger partial charge in [0.05, 0.1) is 4.70 Å². The Morgan fingerprint density at radius 2 is 1.97 bits per heavy atom. The third-order valence-electron chi connectivity index (χ3n) is 7.52. The number of nitrogens with one attached hydrogen (secondary N) is 1. The molecule has 178 valence electrons. The molecule has 2 fully saturated rings. The fraction of sp³-hybridized carbons (Fsp3) is 0.429. The lowest BCUT2D eigenvalue weighted by Gasteiger charge is -2.46. The maximum absolute atomic E-state index is 12.4. The van der Waals surface area contributed by atoms with Crippen LogP contribution in [-0.4, -0.2) is 54.4 Å². The van der Waals surface area contributed by atoms with E-state index in [2.05, 4.69) is 65.4 Å². The predicted octanol–water partition coefficient (Wildman–Crippen LogP) is 4.83. The summed E-state index contributed by atoms with van der Waals surface area (Å²) < 4.78 is 6.00. The van der Waals surface area contributed by atoms with E-state index in [4.69, 9.17) is 4.37 Å². The van der Waals surface area contributed by atoms with Gasteiger partial charge >= 0.3 is 0 Å². The van der Waals surface area contributed by atoms with Crippen molar-refractivity contribution in [3.05, 3.63) is 65.7 Å². The lowest BCUT2D eigenvalue weighted by Crippen LogP contribution is -2.52. The van der Waals surface area contributed by atoms with Crippen LogP contribution in [0.4, 0.5) is 5.82 Å². The van der Waals surface area contributed by atoms with Crippen molar-refractivity contribution in [1.82, 2.24) is 14.6 Å². The molecule has 1 aliphatic carbocycles. The zero-order valence-electron chi connectivity index (χ0n) is 20.1. The summed E-state index contributed by atoms with van der Waals surface area (Å²) in [5.74, 6) is 3.06. The third-order valence-corrected chi connectivity index (χ3v) is 8.33. The number of nitrogens with zero attached hydrogens (tertiary/aromatic N) is 3. The summed E-state index contributed by atoms with van der Waals surface area (Å²) in [7, 11) is 0. The first-order valence-electron chi connectivity index (χ1n) is 12.4. The molecule has 5 nitrogen and oxygen atoms in total. The second kappa shape index (κ2) is 10.3. The highest BCUT2D eigenvalue weighted by atomic mass is 32.1. The second-order valence-corrected chi connectivity index (χ2v) is 10.7. The molecule has 1 aromatic heterocycles. The van der Waals surface area contributed by atoms with Gasteiger partial charge in [-0.15, -0.1) is 0 Å². The Morgan fingerprint density at radius 3 is 2.76 bits per heavy atom. The predicted molar refractivity (Wildman–Crippen MR) is 142 cm³/mol. The highest BCUT2D eigenvalue weighted by molar-refractivity contribution is 7.13. The van der Waals surface area contributed by atoms with Crippen molar-refractivity contribution in [2.45, 2.75) is 20.3 Å². The number of rotatable bonds is 7. The van der Waals surface area contributed by atoms with Gasteiger partial charge in [-0.1, -0.05) is 48.9 Å². The van der Waals surface area contributed by atoms with Crippen LogP contribution < -0.4 is 10.2 Å². The zero-order chi connectivity index (χ0) is 23.5. The Hall–Kier alpha value is -2.70. The largest absolute Gasteiger partial charge is 0.353 e. The molecule has 34 heavy (non-hydrogen) atoms. The highest BCUT2D eigenvalue weighted by Crippen LogP contribution is 2.40. The van der Waals surface area contributed by atoms with Gasteiger partial charge in [-0.05, 0) is 66.4 Å². The Balaban J connectivity index is 1.08. The molecule has 1 N–H and O–H groups in total. The minimum absolute atomic E-state index is 0.00320. The summed E-state index contributed by atoms with van der Waals surface area (Å²) in [6.07, 6.45) is 4.82. The molecule has 6 heteroatoms. The van der Waals surface area contributed by atoms with Crippen LogP contribution in [0.1, 0.15) is 24.5 Å². The molecule has 2 heterocycles. The lowest BCUT2D eigenvalue weighted by atomic mass is 9.65. The molecule has 1 aliphatic heterocycles. The van der Waals surface area contributed by atoms with E-state index in [1.54, 1.807) is 17.6 Å². The maximum atomic E-state index is 12.4. The summed E-state index contributed by atoms with van der Waals surface area (Å²) in [4.78, 5) is 17.4. The van der Waals surface area contributed by atoms with Crippen molar-refractivity contribution in [3.63, 3.8) is 0 Å². The van der Waals surface area contributed by atoms with Crippen molar-refractivity contribution >= 4 is 39.4 Å². The van der Waals surface area contributed by atoms with Crippen molar-refractivity contribution in [1.29, 1.82) is 0 Å². The fourth-order valence-corrected chi connectivity index (χ4v) is 6.27. The molecule has 2 aliphatic rings. The van der Waals surface area contributed by atoms with Gasteiger partial charge in [-0.3, -0.25) is 9.69 Å².